The van der Waals surface area contributed by atoms with E-state index in [1.807, 2.05) is 4.83 Å². The van der Waals surface area contributed by atoms with Crippen LogP contribution in [-0.4, -0.2) is 22.7 Å². The van der Waals surface area contributed by atoms with E-state index in [0.29, 0.717) is 0 Å². The van der Waals surface area contributed by atoms with Crippen LogP contribution in [0.1, 0.15) is 19.3 Å². The molecule has 0 aromatic heterocycles. The van der Waals surface area contributed by atoms with Crippen molar-refractivity contribution < 1.29 is 25.5 Å². The molecule has 0 atom stereocenters. The minimum absolute atomic E-state index is 0.188. The molecule has 10 heteroatoms. The van der Waals surface area contributed by atoms with Gasteiger partial charge in [0.1, 0.15) is 0 Å². The lowest BCUT2D eigenvalue weighted by Crippen LogP contribution is -2.45. The van der Waals surface area contributed by atoms with Gasteiger partial charge in [0.15, 0.2) is 0 Å². The van der Waals surface area contributed by atoms with Gasteiger partial charge < -0.3 is 0 Å². The summed E-state index contributed by atoms with van der Waals surface area (Å²) in [5, 5.41) is 0. The van der Waals surface area contributed by atoms with Crippen LogP contribution in [0.25, 0.3) is 0 Å². The number of carbonyl (C=O) groups excluding carboxylic acids is 1. The number of hydrazine groups is 1. The second-order valence-corrected chi connectivity index (χ2v) is 7.66. The van der Waals surface area contributed by atoms with Crippen molar-refractivity contribution >= 4 is 26.2 Å². The smallest absolute Gasteiger partial charge is 0.277 e. The van der Waals surface area contributed by atoms with Crippen molar-refractivity contribution in [2.75, 3.05) is 0 Å². The molecule has 2 rings (SSSR count). The summed E-state index contributed by atoms with van der Waals surface area (Å²) < 4.78 is 57.7. The maximum atomic E-state index is 12.7. The Morgan fingerprint density at radius 3 is 2.00 bits per heavy atom. The van der Waals surface area contributed by atoms with E-state index >= 15 is 0 Å². The molecule has 0 radical (unpaired) electrons. The molecular formula is C11H13FN2O5S2. The number of nitrogens with one attached hydrogen (secondary N) is 2. The van der Waals surface area contributed by atoms with E-state index in [9.17, 15) is 25.5 Å². The van der Waals surface area contributed by atoms with Crippen LogP contribution in [0.2, 0.25) is 0 Å². The van der Waals surface area contributed by atoms with Gasteiger partial charge in [-0.25, -0.2) is 8.42 Å². The zero-order chi connectivity index (χ0) is 15.7. The summed E-state index contributed by atoms with van der Waals surface area (Å²) in [5.41, 5.74) is 2.10. The molecule has 0 aliphatic heterocycles. The zero-order valence-corrected chi connectivity index (χ0v) is 12.4. The third kappa shape index (κ3) is 3.77. The van der Waals surface area contributed by atoms with E-state index in [0.717, 1.165) is 43.5 Å². The summed E-state index contributed by atoms with van der Waals surface area (Å²) >= 11 is 0. The first kappa shape index (κ1) is 15.9. The molecule has 21 heavy (non-hydrogen) atoms. The molecule has 0 bridgehead atoms. The van der Waals surface area contributed by atoms with Gasteiger partial charge in [-0.1, -0.05) is 6.42 Å². The molecule has 1 aliphatic rings. The predicted octanol–water partition coefficient (Wildman–Crippen LogP) is 0.454. The highest BCUT2D eigenvalue weighted by Gasteiger charge is 2.26. The zero-order valence-electron chi connectivity index (χ0n) is 10.7. The van der Waals surface area contributed by atoms with Gasteiger partial charge in [0.25, 0.3) is 10.0 Å². The molecule has 0 spiro atoms. The van der Waals surface area contributed by atoms with E-state index < -0.39 is 31.0 Å². The Labute approximate surface area is 121 Å². The van der Waals surface area contributed by atoms with Gasteiger partial charge in [-0.2, -0.15) is 8.42 Å². The molecule has 1 aromatic rings. The highest BCUT2D eigenvalue weighted by Crippen LogP contribution is 2.26. The number of halogens is 1. The van der Waals surface area contributed by atoms with Crippen LogP contribution in [0.15, 0.2) is 34.1 Å². The highest BCUT2D eigenvalue weighted by molar-refractivity contribution is 7.89. The molecule has 0 heterocycles. The summed E-state index contributed by atoms with van der Waals surface area (Å²) in [6.07, 6.45) is 2.37. The number of sulfonamides is 1. The molecule has 0 saturated heterocycles. The van der Waals surface area contributed by atoms with Gasteiger partial charge in [0.2, 0.25) is 5.91 Å². The van der Waals surface area contributed by atoms with Gasteiger partial charge >= 0.3 is 10.2 Å². The van der Waals surface area contributed by atoms with Gasteiger partial charge in [0, 0.05) is 5.92 Å². The van der Waals surface area contributed by atoms with E-state index in [1.165, 1.54) is 0 Å². The SMILES string of the molecule is O=C(NNS(=O)(=O)c1ccc(S(=O)(=O)F)cc1)C1CCC1. The first-order valence-electron chi connectivity index (χ1n) is 6.06. The monoisotopic (exact) mass is 336 g/mol. The molecule has 116 valence electrons. The molecule has 1 fully saturated rings. The third-order valence-electron chi connectivity index (χ3n) is 3.20. The Hall–Kier alpha value is -1.52. The fourth-order valence-electron chi connectivity index (χ4n) is 1.73. The first-order valence-corrected chi connectivity index (χ1v) is 8.93. The lowest BCUT2D eigenvalue weighted by molar-refractivity contribution is -0.127. The van der Waals surface area contributed by atoms with Crippen LogP contribution in [0.4, 0.5) is 3.89 Å². The summed E-state index contributed by atoms with van der Waals surface area (Å²) in [6.45, 7) is 0. The largest absolute Gasteiger partial charge is 0.332 e. The van der Waals surface area contributed by atoms with Crippen molar-refractivity contribution in [1.82, 2.24) is 10.3 Å². The molecule has 0 unspecified atom stereocenters. The summed E-state index contributed by atoms with van der Waals surface area (Å²) in [7, 11) is -8.92. The van der Waals surface area contributed by atoms with Crippen molar-refractivity contribution in [3.05, 3.63) is 24.3 Å². The van der Waals surface area contributed by atoms with Gasteiger partial charge in [-0.3, -0.25) is 10.2 Å². The Balaban J connectivity index is 2.07. The number of amides is 1. The number of hydrogen-bond donors (Lipinski definition) is 2. The first-order chi connectivity index (χ1) is 9.70. The number of hydrogen-bond acceptors (Lipinski definition) is 5. The molecule has 1 aromatic carbocycles. The van der Waals surface area contributed by atoms with Crippen LogP contribution in [0.3, 0.4) is 0 Å². The summed E-state index contributed by atoms with van der Waals surface area (Å²) in [6, 6.07) is 3.53. The number of benzene rings is 1. The Bertz CT molecular complexity index is 739. The van der Waals surface area contributed by atoms with E-state index in [2.05, 4.69) is 5.43 Å². The van der Waals surface area contributed by atoms with Crippen molar-refractivity contribution in [2.24, 2.45) is 5.92 Å². The molecule has 1 amide bonds. The lowest BCUT2D eigenvalue weighted by atomic mass is 9.85. The van der Waals surface area contributed by atoms with Crippen molar-refractivity contribution in [2.45, 2.75) is 29.1 Å². The Morgan fingerprint density at radius 1 is 1.05 bits per heavy atom. The highest BCUT2D eigenvalue weighted by atomic mass is 32.3. The normalized spacial score (nSPS) is 16.2. The second-order valence-electron chi connectivity index (χ2n) is 4.63. The predicted molar refractivity (Wildman–Crippen MR) is 70.5 cm³/mol. The van der Waals surface area contributed by atoms with Crippen LogP contribution >= 0.6 is 0 Å². The fraction of sp³-hybridized carbons (Fsp3) is 0.364. The minimum Gasteiger partial charge on any atom is -0.277 e. The Morgan fingerprint density at radius 2 is 1.57 bits per heavy atom. The average Bonchev–Trinajstić information content (AvgIpc) is 2.34. The van der Waals surface area contributed by atoms with E-state index in [-0.39, 0.29) is 10.8 Å². The van der Waals surface area contributed by atoms with Gasteiger partial charge in [0.05, 0.1) is 9.79 Å². The third-order valence-corrected chi connectivity index (χ3v) is 5.30. The maximum Gasteiger partial charge on any atom is 0.332 e. The van der Waals surface area contributed by atoms with E-state index in [4.69, 9.17) is 0 Å². The number of carbonyl (C=O) groups is 1. The van der Waals surface area contributed by atoms with Crippen LogP contribution in [0.5, 0.6) is 0 Å². The van der Waals surface area contributed by atoms with Gasteiger partial charge in [-0.05, 0) is 37.1 Å². The van der Waals surface area contributed by atoms with Crippen molar-refractivity contribution in [3.63, 3.8) is 0 Å². The van der Waals surface area contributed by atoms with Gasteiger partial charge in [-0.15, -0.1) is 8.72 Å². The molecule has 7 nitrogen and oxygen atoms in total. The molecule has 1 saturated carbocycles. The van der Waals surface area contributed by atoms with Crippen LogP contribution < -0.4 is 10.3 Å². The summed E-state index contributed by atoms with van der Waals surface area (Å²) in [5.74, 6) is -0.598. The Kier molecular flexibility index (Phi) is 4.30. The lowest BCUT2D eigenvalue weighted by Gasteiger charge is -2.23. The van der Waals surface area contributed by atoms with Crippen LogP contribution in [0, 0.1) is 5.92 Å². The minimum atomic E-state index is -4.88. The molecular weight excluding hydrogens is 323 g/mol. The summed E-state index contributed by atoms with van der Waals surface area (Å²) in [4.78, 5) is 12.5. The maximum absolute atomic E-state index is 12.7. The molecule has 1 aliphatic carbocycles. The number of rotatable bonds is 5. The topological polar surface area (TPSA) is 109 Å². The van der Waals surface area contributed by atoms with Crippen molar-refractivity contribution in [1.29, 1.82) is 0 Å². The quantitative estimate of drug-likeness (QED) is 0.599. The van der Waals surface area contributed by atoms with E-state index in [1.54, 1.807) is 0 Å². The fourth-order valence-corrected chi connectivity index (χ4v) is 3.04. The van der Waals surface area contributed by atoms with Crippen LogP contribution in [-0.2, 0) is 25.0 Å². The molecule has 2 N–H and O–H groups in total. The average molecular weight is 336 g/mol. The van der Waals surface area contributed by atoms with Crippen molar-refractivity contribution in [3.8, 4) is 0 Å². The second kappa shape index (κ2) is 5.70. The standard InChI is InChI=1S/C11H13FN2O5S2/c12-20(16,17)9-4-6-10(7-5-9)21(18,19)14-13-11(15)8-2-1-3-8/h4-8,14H,1-3H2,(H,13,15).